The number of hydrogen-bond acceptors (Lipinski definition) is 3. The largest absolute Gasteiger partial charge is 0.481 e. The van der Waals surface area contributed by atoms with Crippen LogP contribution in [0.3, 0.4) is 0 Å². The second-order valence-corrected chi connectivity index (χ2v) is 6.19. The molecule has 1 unspecified atom stereocenters. The molecule has 0 radical (unpaired) electrons. The molecule has 0 saturated carbocycles. The zero-order valence-corrected chi connectivity index (χ0v) is 11.9. The van der Waals surface area contributed by atoms with Crippen LogP contribution in [0.5, 0.6) is 0 Å². The summed E-state index contributed by atoms with van der Waals surface area (Å²) in [6.45, 7) is 0. The molecule has 0 spiro atoms. The summed E-state index contributed by atoms with van der Waals surface area (Å²) in [6.07, 6.45) is 2.10. The van der Waals surface area contributed by atoms with E-state index in [0.717, 1.165) is 17.7 Å². The molecule has 4 heteroatoms. The number of benzene rings is 1. The third-order valence-corrected chi connectivity index (χ3v) is 4.74. The Labute approximate surface area is 122 Å². The predicted molar refractivity (Wildman–Crippen MR) is 80.1 cm³/mol. The van der Waals surface area contributed by atoms with Crippen LogP contribution in [-0.2, 0) is 17.6 Å². The van der Waals surface area contributed by atoms with Crippen molar-refractivity contribution in [3.63, 3.8) is 0 Å². The number of nitrogens with one attached hydrogen (secondary N) is 1. The van der Waals surface area contributed by atoms with E-state index in [0.29, 0.717) is 6.04 Å². The lowest BCUT2D eigenvalue weighted by molar-refractivity contribution is -0.137. The third kappa shape index (κ3) is 2.92. The molecule has 104 valence electrons. The minimum Gasteiger partial charge on any atom is -0.481 e. The maximum atomic E-state index is 11.1. The maximum Gasteiger partial charge on any atom is 0.305 e. The summed E-state index contributed by atoms with van der Waals surface area (Å²) in [4.78, 5) is 12.2. The number of carboxylic acid groups (broad SMARTS) is 1. The summed E-state index contributed by atoms with van der Waals surface area (Å²) in [5.74, 6) is -0.758. The van der Waals surface area contributed by atoms with E-state index in [2.05, 4.69) is 29.6 Å². The lowest BCUT2D eigenvalue weighted by Gasteiger charge is -2.20. The molecule has 1 heterocycles. The molecule has 0 bridgehead atoms. The number of carboxylic acids is 1. The van der Waals surface area contributed by atoms with E-state index in [4.69, 9.17) is 5.11 Å². The van der Waals surface area contributed by atoms with Gasteiger partial charge >= 0.3 is 5.97 Å². The van der Waals surface area contributed by atoms with Gasteiger partial charge < -0.3 is 10.4 Å². The number of aliphatic carboxylic acids is 1. The molecule has 1 aliphatic rings. The first-order valence-corrected chi connectivity index (χ1v) is 7.68. The number of thiophene rings is 1. The molecule has 20 heavy (non-hydrogen) atoms. The standard InChI is InChI=1S/C16H17NO2S/c18-16(19)10-14(15-6-3-7-20-15)17-13-8-11-4-1-2-5-12(11)9-13/h1-7,13-14,17H,8-10H2,(H,18,19). The van der Waals surface area contributed by atoms with Gasteiger partial charge in [-0.25, -0.2) is 0 Å². The Hall–Kier alpha value is -1.65. The average molecular weight is 287 g/mol. The molecule has 2 N–H and O–H groups in total. The minimum absolute atomic E-state index is 0.0909. The van der Waals surface area contributed by atoms with Crippen molar-refractivity contribution in [1.29, 1.82) is 0 Å². The van der Waals surface area contributed by atoms with E-state index in [1.807, 2.05) is 17.5 Å². The predicted octanol–water partition coefficient (Wildman–Crippen LogP) is 3.02. The summed E-state index contributed by atoms with van der Waals surface area (Å²) in [5.41, 5.74) is 2.76. The number of carbonyl (C=O) groups is 1. The Balaban J connectivity index is 1.71. The second kappa shape index (κ2) is 5.77. The van der Waals surface area contributed by atoms with Crippen LogP contribution >= 0.6 is 11.3 Å². The Bertz CT molecular complexity index is 569. The van der Waals surface area contributed by atoms with E-state index in [1.165, 1.54) is 11.1 Å². The van der Waals surface area contributed by atoms with E-state index in [-0.39, 0.29) is 12.5 Å². The molecule has 0 fully saturated rings. The van der Waals surface area contributed by atoms with Crippen molar-refractivity contribution in [2.24, 2.45) is 0 Å². The normalized spacial score (nSPS) is 16.0. The fourth-order valence-corrected chi connectivity index (χ4v) is 3.65. The SMILES string of the molecule is O=C(O)CC(NC1Cc2ccccc2C1)c1cccs1. The average Bonchev–Trinajstić information content (AvgIpc) is 3.06. The lowest BCUT2D eigenvalue weighted by Crippen LogP contribution is -2.34. The molecule has 3 rings (SSSR count). The van der Waals surface area contributed by atoms with Crippen molar-refractivity contribution >= 4 is 17.3 Å². The smallest absolute Gasteiger partial charge is 0.305 e. The van der Waals surface area contributed by atoms with Crippen molar-refractivity contribution in [1.82, 2.24) is 5.32 Å². The van der Waals surface area contributed by atoms with Crippen molar-refractivity contribution in [3.05, 3.63) is 57.8 Å². The van der Waals surface area contributed by atoms with Gasteiger partial charge in [-0.15, -0.1) is 11.3 Å². The van der Waals surface area contributed by atoms with Crippen LogP contribution in [0, 0.1) is 0 Å². The van der Waals surface area contributed by atoms with Crippen LogP contribution in [0.15, 0.2) is 41.8 Å². The Kier molecular flexibility index (Phi) is 3.85. The fraction of sp³-hybridized carbons (Fsp3) is 0.312. The zero-order valence-electron chi connectivity index (χ0n) is 11.1. The minimum atomic E-state index is -0.758. The first-order chi connectivity index (χ1) is 9.72. The van der Waals surface area contributed by atoms with Gasteiger partial charge in [0.2, 0.25) is 0 Å². The van der Waals surface area contributed by atoms with E-state index in [1.54, 1.807) is 11.3 Å². The molecular formula is C16H17NO2S. The van der Waals surface area contributed by atoms with Gasteiger partial charge in [-0.3, -0.25) is 4.79 Å². The number of rotatable bonds is 5. The summed E-state index contributed by atoms with van der Waals surface area (Å²) in [5, 5.41) is 14.6. The van der Waals surface area contributed by atoms with Crippen molar-refractivity contribution in [3.8, 4) is 0 Å². The highest BCUT2D eigenvalue weighted by molar-refractivity contribution is 7.10. The molecule has 1 aromatic carbocycles. The van der Waals surface area contributed by atoms with Crippen LogP contribution in [-0.4, -0.2) is 17.1 Å². The monoisotopic (exact) mass is 287 g/mol. The van der Waals surface area contributed by atoms with Crippen molar-refractivity contribution < 1.29 is 9.90 Å². The molecular weight excluding hydrogens is 270 g/mol. The van der Waals surface area contributed by atoms with Crippen LogP contribution < -0.4 is 5.32 Å². The molecule has 3 nitrogen and oxygen atoms in total. The van der Waals surface area contributed by atoms with Gasteiger partial charge in [0, 0.05) is 10.9 Å². The topological polar surface area (TPSA) is 49.3 Å². The van der Waals surface area contributed by atoms with Gasteiger partial charge in [-0.1, -0.05) is 30.3 Å². The Morgan fingerprint density at radius 2 is 1.95 bits per heavy atom. The van der Waals surface area contributed by atoms with E-state index in [9.17, 15) is 4.79 Å². The molecule has 1 aliphatic carbocycles. The first kappa shape index (κ1) is 13.3. The van der Waals surface area contributed by atoms with Crippen molar-refractivity contribution in [2.75, 3.05) is 0 Å². The Morgan fingerprint density at radius 3 is 2.50 bits per heavy atom. The van der Waals surface area contributed by atoms with Crippen molar-refractivity contribution in [2.45, 2.75) is 31.3 Å². The molecule has 0 aliphatic heterocycles. The lowest BCUT2D eigenvalue weighted by atomic mass is 10.1. The fourth-order valence-electron chi connectivity index (χ4n) is 2.87. The second-order valence-electron chi connectivity index (χ2n) is 5.21. The van der Waals surface area contributed by atoms with E-state index < -0.39 is 5.97 Å². The van der Waals surface area contributed by atoms with Crippen LogP contribution in [0.4, 0.5) is 0 Å². The first-order valence-electron chi connectivity index (χ1n) is 6.80. The number of hydrogen-bond donors (Lipinski definition) is 2. The molecule has 0 amide bonds. The summed E-state index contributed by atoms with van der Waals surface area (Å²) >= 11 is 1.61. The van der Waals surface area contributed by atoms with E-state index >= 15 is 0 Å². The summed E-state index contributed by atoms with van der Waals surface area (Å²) in [7, 11) is 0. The quantitative estimate of drug-likeness (QED) is 0.888. The highest BCUT2D eigenvalue weighted by Crippen LogP contribution is 2.27. The maximum absolute atomic E-state index is 11.1. The van der Waals surface area contributed by atoms with Gasteiger partial charge in [-0.2, -0.15) is 0 Å². The number of fused-ring (bicyclic) bond motifs is 1. The van der Waals surface area contributed by atoms with Gasteiger partial charge in [0.25, 0.3) is 0 Å². The highest BCUT2D eigenvalue weighted by Gasteiger charge is 2.25. The summed E-state index contributed by atoms with van der Waals surface area (Å²) < 4.78 is 0. The van der Waals surface area contributed by atoms with Gasteiger partial charge in [0.1, 0.15) is 0 Å². The van der Waals surface area contributed by atoms with Gasteiger partial charge in [0.05, 0.1) is 12.5 Å². The Morgan fingerprint density at radius 1 is 1.25 bits per heavy atom. The highest BCUT2D eigenvalue weighted by atomic mass is 32.1. The van der Waals surface area contributed by atoms with Crippen LogP contribution in [0.25, 0.3) is 0 Å². The van der Waals surface area contributed by atoms with Gasteiger partial charge in [0.15, 0.2) is 0 Å². The molecule has 2 aromatic rings. The van der Waals surface area contributed by atoms with Crippen LogP contribution in [0.2, 0.25) is 0 Å². The summed E-state index contributed by atoms with van der Waals surface area (Å²) in [6, 6.07) is 12.7. The van der Waals surface area contributed by atoms with Gasteiger partial charge in [-0.05, 0) is 35.4 Å². The third-order valence-electron chi connectivity index (χ3n) is 3.75. The zero-order chi connectivity index (χ0) is 13.9. The molecule has 0 saturated heterocycles. The van der Waals surface area contributed by atoms with Crippen LogP contribution in [0.1, 0.15) is 28.5 Å². The molecule has 1 atom stereocenters. The molecule has 1 aromatic heterocycles.